The van der Waals surface area contributed by atoms with Gasteiger partial charge < -0.3 is 4.74 Å². The number of pyridine rings is 1. The fourth-order valence-corrected chi connectivity index (χ4v) is 3.13. The predicted octanol–water partition coefficient (Wildman–Crippen LogP) is 3.83. The van der Waals surface area contributed by atoms with Gasteiger partial charge in [0.15, 0.2) is 5.78 Å². The summed E-state index contributed by atoms with van der Waals surface area (Å²) in [4.78, 5) is 16.5. The zero-order valence-corrected chi connectivity index (χ0v) is 12.7. The van der Waals surface area contributed by atoms with Crippen molar-refractivity contribution in [1.82, 2.24) is 4.98 Å². The standard InChI is InChI=1S/C16H22ClNO2/c1-2-20-16(12-6-4-3-5-7-12)15(19)10-13-8-9-18-11-14(13)17/h8-9,11-12,16H,2-7,10H2,1H3. The molecule has 1 aliphatic rings. The summed E-state index contributed by atoms with van der Waals surface area (Å²) in [5.41, 5.74) is 0.840. The van der Waals surface area contributed by atoms with Crippen LogP contribution in [0, 0.1) is 5.92 Å². The molecule has 20 heavy (non-hydrogen) atoms. The lowest BCUT2D eigenvalue weighted by molar-refractivity contribution is -0.134. The van der Waals surface area contributed by atoms with E-state index in [1.165, 1.54) is 19.3 Å². The van der Waals surface area contributed by atoms with Crippen molar-refractivity contribution >= 4 is 17.4 Å². The molecule has 0 saturated heterocycles. The van der Waals surface area contributed by atoms with E-state index < -0.39 is 0 Å². The summed E-state index contributed by atoms with van der Waals surface area (Å²) in [6, 6.07) is 1.81. The minimum Gasteiger partial charge on any atom is -0.370 e. The van der Waals surface area contributed by atoms with Crippen LogP contribution < -0.4 is 0 Å². The summed E-state index contributed by atoms with van der Waals surface area (Å²) in [6.07, 6.45) is 9.20. The third-order valence-corrected chi connectivity index (χ3v) is 4.30. The number of carbonyl (C=O) groups excluding carboxylic acids is 1. The van der Waals surface area contributed by atoms with Crippen LogP contribution in [0.4, 0.5) is 0 Å². The van der Waals surface area contributed by atoms with Gasteiger partial charge in [-0.25, -0.2) is 0 Å². The zero-order valence-electron chi connectivity index (χ0n) is 12.0. The van der Waals surface area contributed by atoms with Gasteiger partial charge in [0, 0.05) is 25.4 Å². The van der Waals surface area contributed by atoms with Crippen molar-refractivity contribution in [2.24, 2.45) is 5.92 Å². The van der Waals surface area contributed by atoms with E-state index in [4.69, 9.17) is 16.3 Å². The fraction of sp³-hybridized carbons (Fsp3) is 0.625. The fourth-order valence-electron chi connectivity index (χ4n) is 2.94. The minimum atomic E-state index is -0.274. The van der Waals surface area contributed by atoms with E-state index in [0.29, 0.717) is 24.0 Å². The van der Waals surface area contributed by atoms with Crippen LogP contribution in [0.5, 0.6) is 0 Å². The van der Waals surface area contributed by atoms with E-state index in [2.05, 4.69) is 4.98 Å². The van der Waals surface area contributed by atoms with Crippen molar-refractivity contribution in [3.8, 4) is 0 Å². The van der Waals surface area contributed by atoms with Crippen molar-refractivity contribution in [3.05, 3.63) is 29.0 Å². The summed E-state index contributed by atoms with van der Waals surface area (Å²) in [5, 5.41) is 0.555. The predicted molar refractivity (Wildman–Crippen MR) is 79.9 cm³/mol. The number of rotatable bonds is 6. The number of nitrogens with zero attached hydrogens (tertiary/aromatic N) is 1. The Labute approximate surface area is 125 Å². The Balaban J connectivity index is 2.04. The van der Waals surface area contributed by atoms with Gasteiger partial charge in [0.1, 0.15) is 6.10 Å². The molecule has 1 fully saturated rings. The van der Waals surface area contributed by atoms with Crippen molar-refractivity contribution in [3.63, 3.8) is 0 Å². The quantitative estimate of drug-likeness (QED) is 0.800. The van der Waals surface area contributed by atoms with Gasteiger partial charge >= 0.3 is 0 Å². The van der Waals surface area contributed by atoms with Crippen LogP contribution in [0.15, 0.2) is 18.5 Å². The first kappa shape index (κ1) is 15.5. The average Bonchev–Trinajstić information content (AvgIpc) is 2.48. The molecule has 0 aliphatic heterocycles. The second kappa shape index (κ2) is 7.75. The van der Waals surface area contributed by atoms with Crippen LogP contribution in [0.25, 0.3) is 0 Å². The van der Waals surface area contributed by atoms with Gasteiger partial charge in [0.05, 0.1) is 5.02 Å². The van der Waals surface area contributed by atoms with Crippen LogP contribution in [0.2, 0.25) is 5.02 Å². The summed E-state index contributed by atoms with van der Waals surface area (Å²) in [5.74, 6) is 0.517. The molecule has 0 spiro atoms. The zero-order chi connectivity index (χ0) is 14.4. The normalized spacial score (nSPS) is 17.9. The van der Waals surface area contributed by atoms with E-state index in [9.17, 15) is 4.79 Å². The summed E-state index contributed by atoms with van der Waals surface area (Å²) in [7, 11) is 0. The van der Waals surface area contributed by atoms with Gasteiger partial charge in [-0.1, -0.05) is 30.9 Å². The number of halogens is 1. The maximum atomic E-state index is 12.6. The molecule has 0 bridgehead atoms. The van der Waals surface area contributed by atoms with Gasteiger partial charge in [-0.15, -0.1) is 0 Å². The molecule has 1 unspecified atom stereocenters. The lowest BCUT2D eigenvalue weighted by Crippen LogP contribution is -2.35. The van der Waals surface area contributed by atoms with E-state index in [0.717, 1.165) is 18.4 Å². The van der Waals surface area contributed by atoms with Gasteiger partial charge in [-0.05, 0) is 37.3 Å². The first-order valence-electron chi connectivity index (χ1n) is 7.45. The van der Waals surface area contributed by atoms with Gasteiger partial charge in [0.25, 0.3) is 0 Å². The lowest BCUT2D eigenvalue weighted by atomic mass is 9.82. The largest absolute Gasteiger partial charge is 0.370 e. The molecule has 1 aromatic heterocycles. The maximum Gasteiger partial charge on any atom is 0.166 e. The SMILES string of the molecule is CCOC(C(=O)Cc1ccncc1Cl)C1CCCCC1. The van der Waals surface area contributed by atoms with E-state index >= 15 is 0 Å². The number of ketones is 1. The lowest BCUT2D eigenvalue weighted by Gasteiger charge is -2.29. The Morgan fingerprint density at radius 3 is 2.85 bits per heavy atom. The summed E-state index contributed by atoms with van der Waals surface area (Å²) < 4.78 is 5.75. The molecule has 1 heterocycles. The maximum absolute atomic E-state index is 12.6. The molecule has 1 aliphatic carbocycles. The number of hydrogen-bond donors (Lipinski definition) is 0. The molecule has 1 atom stereocenters. The highest BCUT2D eigenvalue weighted by Gasteiger charge is 2.30. The highest BCUT2D eigenvalue weighted by Crippen LogP contribution is 2.29. The molecule has 3 nitrogen and oxygen atoms in total. The smallest absolute Gasteiger partial charge is 0.166 e. The first-order chi connectivity index (χ1) is 9.72. The number of carbonyl (C=O) groups is 1. The van der Waals surface area contributed by atoms with E-state index in [-0.39, 0.29) is 11.9 Å². The van der Waals surface area contributed by atoms with Crippen molar-refractivity contribution < 1.29 is 9.53 Å². The topological polar surface area (TPSA) is 39.2 Å². The van der Waals surface area contributed by atoms with Crippen molar-refractivity contribution in [1.29, 1.82) is 0 Å². The molecule has 0 amide bonds. The van der Waals surface area contributed by atoms with E-state index in [1.807, 2.05) is 13.0 Å². The Morgan fingerprint density at radius 1 is 1.45 bits per heavy atom. The summed E-state index contributed by atoms with van der Waals surface area (Å²) >= 11 is 6.08. The molecule has 1 saturated carbocycles. The van der Waals surface area contributed by atoms with Gasteiger partial charge in [-0.2, -0.15) is 0 Å². The van der Waals surface area contributed by atoms with Crippen LogP contribution in [0.1, 0.15) is 44.6 Å². The minimum absolute atomic E-state index is 0.145. The average molecular weight is 296 g/mol. The Morgan fingerprint density at radius 2 is 2.20 bits per heavy atom. The van der Waals surface area contributed by atoms with Gasteiger partial charge in [0.2, 0.25) is 0 Å². The van der Waals surface area contributed by atoms with Crippen LogP contribution in [-0.2, 0) is 16.0 Å². The molecular weight excluding hydrogens is 274 g/mol. The van der Waals surface area contributed by atoms with E-state index in [1.54, 1.807) is 12.4 Å². The van der Waals surface area contributed by atoms with Crippen molar-refractivity contribution in [2.45, 2.75) is 51.6 Å². The number of ether oxygens (including phenoxy) is 1. The number of hydrogen-bond acceptors (Lipinski definition) is 3. The van der Waals surface area contributed by atoms with Crippen molar-refractivity contribution in [2.75, 3.05) is 6.61 Å². The Bertz CT molecular complexity index is 444. The second-order valence-corrected chi connectivity index (χ2v) is 5.79. The number of aromatic nitrogens is 1. The Kier molecular flexibility index (Phi) is 5.99. The Hall–Kier alpha value is -0.930. The van der Waals surface area contributed by atoms with Crippen LogP contribution >= 0.6 is 11.6 Å². The third kappa shape index (κ3) is 4.03. The second-order valence-electron chi connectivity index (χ2n) is 5.38. The molecule has 4 heteroatoms. The summed E-state index contributed by atoms with van der Waals surface area (Å²) in [6.45, 7) is 2.53. The molecule has 0 radical (unpaired) electrons. The molecule has 0 N–H and O–H groups in total. The molecule has 2 rings (SSSR count). The monoisotopic (exact) mass is 295 g/mol. The molecule has 1 aromatic rings. The molecular formula is C16H22ClNO2. The highest BCUT2D eigenvalue weighted by molar-refractivity contribution is 6.31. The van der Waals surface area contributed by atoms with Crippen LogP contribution in [0.3, 0.4) is 0 Å². The molecule has 110 valence electrons. The molecule has 0 aromatic carbocycles. The first-order valence-corrected chi connectivity index (χ1v) is 7.83. The number of Topliss-reactive ketones (excluding diaryl/α,β-unsaturated/α-hetero) is 1. The van der Waals surface area contributed by atoms with Gasteiger partial charge in [-0.3, -0.25) is 9.78 Å². The van der Waals surface area contributed by atoms with Crippen LogP contribution in [-0.4, -0.2) is 23.5 Å². The highest BCUT2D eigenvalue weighted by atomic mass is 35.5. The third-order valence-electron chi connectivity index (χ3n) is 3.96.